The van der Waals surface area contributed by atoms with Gasteiger partial charge in [0.15, 0.2) is 0 Å². The van der Waals surface area contributed by atoms with Crippen molar-refractivity contribution < 1.29 is 13.9 Å². The highest BCUT2D eigenvalue weighted by Crippen LogP contribution is 2.17. The molecule has 1 heterocycles. The second kappa shape index (κ2) is 9.92. The summed E-state index contributed by atoms with van der Waals surface area (Å²) in [4.78, 5) is 14.9. The Kier molecular flexibility index (Phi) is 7.06. The van der Waals surface area contributed by atoms with E-state index in [1.807, 2.05) is 41.4 Å². The van der Waals surface area contributed by atoms with Gasteiger partial charge in [-0.3, -0.25) is 4.79 Å². The van der Waals surface area contributed by atoms with E-state index in [1.54, 1.807) is 19.2 Å². The van der Waals surface area contributed by atoms with Crippen molar-refractivity contribution in [3.8, 4) is 5.75 Å². The Morgan fingerprint density at radius 1 is 1.10 bits per heavy atom. The standard InChI is InChI=1S/C24H27FN2O2/c1-3-4-14-27(24(28)20-10-12-21(25)13-11-20)18-22-8-6-15-26(22)17-19-7-5-9-23(16-19)29-2/h5-13,15-16H,3-4,14,17-18H2,1-2H3. The summed E-state index contributed by atoms with van der Waals surface area (Å²) >= 11 is 0. The molecule has 29 heavy (non-hydrogen) atoms. The van der Waals surface area contributed by atoms with Gasteiger partial charge in [-0.2, -0.15) is 0 Å². The van der Waals surface area contributed by atoms with E-state index < -0.39 is 0 Å². The van der Waals surface area contributed by atoms with Crippen molar-refractivity contribution in [2.45, 2.75) is 32.9 Å². The number of hydrogen-bond donors (Lipinski definition) is 0. The number of aromatic nitrogens is 1. The second-order valence-corrected chi connectivity index (χ2v) is 7.07. The molecule has 4 nitrogen and oxygen atoms in total. The number of carbonyl (C=O) groups is 1. The number of rotatable bonds is 9. The van der Waals surface area contributed by atoms with E-state index in [2.05, 4.69) is 17.6 Å². The minimum atomic E-state index is -0.339. The lowest BCUT2D eigenvalue weighted by atomic mass is 10.1. The van der Waals surface area contributed by atoms with Gasteiger partial charge < -0.3 is 14.2 Å². The molecule has 0 radical (unpaired) electrons. The molecule has 152 valence electrons. The fourth-order valence-corrected chi connectivity index (χ4v) is 3.29. The Labute approximate surface area is 171 Å². The maximum Gasteiger partial charge on any atom is 0.254 e. The van der Waals surface area contributed by atoms with Crippen LogP contribution in [0.15, 0.2) is 66.9 Å². The third-order valence-electron chi connectivity index (χ3n) is 4.92. The average molecular weight is 394 g/mol. The summed E-state index contributed by atoms with van der Waals surface area (Å²) in [5.41, 5.74) is 2.69. The minimum Gasteiger partial charge on any atom is -0.497 e. The second-order valence-electron chi connectivity index (χ2n) is 7.07. The Balaban J connectivity index is 1.78. The first-order valence-corrected chi connectivity index (χ1v) is 9.92. The predicted molar refractivity (Wildman–Crippen MR) is 113 cm³/mol. The lowest BCUT2D eigenvalue weighted by molar-refractivity contribution is 0.0737. The van der Waals surface area contributed by atoms with Crippen molar-refractivity contribution in [2.75, 3.05) is 13.7 Å². The highest BCUT2D eigenvalue weighted by atomic mass is 19.1. The van der Waals surface area contributed by atoms with Crippen LogP contribution in [0, 0.1) is 5.82 Å². The normalized spacial score (nSPS) is 10.7. The van der Waals surface area contributed by atoms with Crippen LogP contribution in [0.2, 0.25) is 0 Å². The van der Waals surface area contributed by atoms with E-state index in [9.17, 15) is 9.18 Å². The molecule has 0 N–H and O–H groups in total. The molecule has 0 aliphatic rings. The Morgan fingerprint density at radius 2 is 1.90 bits per heavy atom. The van der Waals surface area contributed by atoms with Crippen molar-refractivity contribution >= 4 is 5.91 Å². The van der Waals surface area contributed by atoms with E-state index in [-0.39, 0.29) is 11.7 Å². The number of hydrogen-bond acceptors (Lipinski definition) is 2. The minimum absolute atomic E-state index is 0.0763. The van der Waals surface area contributed by atoms with Gasteiger partial charge in [-0.15, -0.1) is 0 Å². The number of ether oxygens (including phenoxy) is 1. The van der Waals surface area contributed by atoms with Crippen molar-refractivity contribution in [2.24, 2.45) is 0 Å². The first-order chi connectivity index (χ1) is 14.1. The summed E-state index contributed by atoms with van der Waals surface area (Å²) < 4.78 is 20.7. The van der Waals surface area contributed by atoms with Gasteiger partial charge in [0.1, 0.15) is 11.6 Å². The van der Waals surface area contributed by atoms with E-state index in [4.69, 9.17) is 4.74 Å². The molecule has 0 spiro atoms. The molecule has 2 aromatic carbocycles. The summed E-state index contributed by atoms with van der Waals surface area (Å²) in [6, 6.07) is 17.8. The molecule has 3 rings (SSSR count). The molecule has 1 amide bonds. The Hall–Kier alpha value is -3.08. The molecule has 1 aromatic heterocycles. The smallest absolute Gasteiger partial charge is 0.254 e. The number of halogens is 1. The molecular formula is C24H27FN2O2. The number of carbonyl (C=O) groups excluding carboxylic acids is 1. The van der Waals surface area contributed by atoms with Crippen LogP contribution in [0.3, 0.4) is 0 Å². The molecule has 0 aliphatic heterocycles. The van der Waals surface area contributed by atoms with Gasteiger partial charge in [-0.1, -0.05) is 25.5 Å². The zero-order valence-electron chi connectivity index (χ0n) is 17.0. The zero-order valence-corrected chi connectivity index (χ0v) is 17.0. The third kappa shape index (κ3) is 5.47. The van der Waals surface area contributed by atoms with Crippen molar-refractivity contribution in [3.63, 3.8) is 0 Å². The van der Waals surface area contributed by atoms with Gasteiger partial charge in [-0.25, -0.2) is 4.39 Å². The van der Waals surface area contributed by atoms with Gasteiger partial charge in [0.25, 0.3) is 5.91 Å². The quantitative estimate of drug-likeness (QED) is 0.504. The molecule has 0 unspecified atom stereocenters. The topological polar surface area (TPSA) is 34.5 Å². The van der Waals surface area contributed by atoms with Crippen LogP contribution in [0.25, 0.3) is 0 Å². The van der Waals surface area contributed by atoms with Crippen LogP contribution in [0.4, 0.5) is 4.39 Å². The summed E-state index contributed by atoms with van der Waals surface area (Å²) in [6.07, 6.45) is 3.94. The van der Waals surface area contributed by atoms with Gasteiger partial charge in [0.2, 0.25) is 0 Å². The van der Waals surface area contributed by atoms with E-state index in [1.165, 1.54) is 12.1 Å². The first-order valence-electron chi connectivity index (χ1n) is 9.92. The van der Waals surface area contributed by atoms with Crippen LogP contribution in [0.1, 0.15) is 41.4 Å². The van der Waals surface area contributed by atoms with Gasteiger partial charge in [-0.05, 0) is 60.5 Å². The van der Waals surface area contributed by atoms with Crippen LogP contribution in [0.5, 0.6) is 5.75 Å². The molecule has 5 heteroatoms. The van der Waals surface area contributed by atoms with Gasteiger partial charge in [0, 0.05) is 30.5 Å². The molecule has 0 saturated heterocycles. The summed E-state index contributed by atoms with van der Waals surface area (Å²) in [7, 11) is 1.66. The molecule has 0 bridgehead atoms. The van der Waals surface area contributed by atoms with Crippen molar-refractivity contribution in [1.29, 1.82) is 0 Å². The maximum atomic E-state index is 13.2. The van der Waals surface area contributed by atoms with E-state index in [0.29, 0.717) is 25.2 Å². The monoisotopic (exact) mass is 394 g/mol. The molecule has 0 fully saturated rings. The molecule has 3 aromatic rings. The lowest BCUT2D eigenvalue weighted by Gasteiger charge is -2.24. The molecule has 0 saturated carbocycles. The molecule has 0 atom stereocenters. The SMILES string of the molecule is CCCCN(Cc1cccn1Cc1cccc(OC)c1)C(=O)c1ccc(F)cc1. The number of unbranched alkanes of at least 4 members (excludes halogenated alkanes) is 1. The summed E-state index contributed by atoms with van der Waals surface area (Å²) in [5, 5.41) is 0. The van der Waals surface area contributed by atoms with Crippen LogP contribution in [-0.2, 0) is 13.1 Å². The zero-order chi connectivity index (χ0) is 20.6. The van der Waals surface area contributed by atoms with Crippen LogP contribution in [-0.4, -0.2) is 29.0 Å². The number of methoxy groups -OCH3 is 1. The summed E-state index contributed by atoms with van der Waals surface area (Å²) in [6.45, 7) is 3.97. The predicted octanol–water partition coefficient (Wildman–Crippen LogP) is 5.13. The number of nitrogens with zero attached hydrogens (tertiary/aromatic N) is 2. The van der Waals surface area contributed by atoms with Gasteiger partial charge >= 0.3 is 0 Å². The number of amides is 1. The van der Waals surface area contributed by atoms with Crippen LogP contribution < -0.4 is 4.74 Å². The fourth-order valence-electron chi connectivity index (χ4n) is 3.29. The van der Waals surface area contributed by atoms with E-state index >= 15 is 0 Å². The third-order valence-corrected chi connectivity index (χ3v) is 4.92. The molecular weight excluding hydrogens is 367 g/mol. The lowest BCUT2D eigenvalue weighted by Crippen LogP contribution is -2.32. The summed E-state index contributed by atoms with van der Waals surface area (Å²) in [5.74, 6) is 0.411. The molecule has 0 aliphatic carbocycles. The van der Waals surface area contributed by atoms with Crippen molar-refractivity contribution in [1.82, 2.24) is 9.47 Å². The number of benzene rings is 2. The van der Waals surface area contributed by atoms with Gasteiger partial charge in [0.05, 0.1) is 13.7 Å². The van der Waals surface area contributed by atoms with Crippen LogP contribution >= 0.6 is 0 Å². The van der Waals surface area contributed by atoms with E-state index in [0.717, 1.165) is 29.8 Å². The highest BCUT2D eigenvalue weighted by Gasteiger charge is 2.17. The Morgan fingerprint density at radius 3 is 2.62 bits per heavy atom. The maximum absolute atomic E-state index is 13.2. The highest BCUT2D eigenvalue weighted by molar-refractivity contribution is 5.94. The first kappa shape index (κ1) is 20.6. The Bertz CT molecular complexity index is 934. The fraction of sp³-hybridized carbons (Fsp3) is 0.292. The largest absolute Gasteiger partial charge is 0.497 e. The van der Waals surface area contributed by atoms with Crippen molar-refractivity contribution in [3.05, 3.63) is 89.5 Å². The average Bonchev–Trinajstić information content (AvgIpc) is 3.17.